The van der Waals surface area contributed by atoms with Crippen molar-refractivity contribution in [3.05, 3.63) is 12.0 Å². The molecule has 0 radical (unpaired) electrons. The quantitative estimate of drug-likeness (QED) is 0.728. The highest BCUT2D eigenvalue weighted by Gasteiger charge is 2.39. The van der Waals surface area contributed by atoms with Gasteiger partial charge in [0.05, 0.1) is 6.20 Å². The molecule has 1 amide bonds. The van der Waals surface area contributed by atoms with Crippen LogP contribution in [0.4, 0.5) is 0 Å². The first kappa shape index (κ1) is 14.9. The van der Waals surface area contributed by atoms with Crippen molar-refractivity contribution in [3.63, 3.8) is 0 Å². The number of amides is 1. The second-order valence-corrected chi connectivity index (χ2v) is 6.76. The van der Waals surface area contributed by atoms with Gasteiger partial charge in [-0.1, -0.05) is 0 Å². The minimum atomic E-state index is -3.74. The number of aromatic nitrogens is 2. The lowest BCUT2D eigenvalue weighted by Gasteiger charge is -2.34. The van der Waals surface area contributed by atoms with Crippen LogP contribution in [0.2, 0.25) is 0 Å². The number of hydrogen-bond acceptors (Lipinski definition) is 5. The van der Waals surface area contributed by atoms with Crippen LogP contribution >= 0.6 is 0 Å². The third-order valence-electron chi connectivity index (χ3n) is 3.19. The lowest BCUT2D eigenvalue weighted by molar-refractivity contribution is -0.133. The molecule has 1 aromatic rings. The van der Waals surface area contributed by atoms with Crippen molar-refractivity contribution in [1.29, 1.82) is 0 Å². The Kier molecular flexibility index (Phi) is 4.11. The highest BCUT2D eigenvalue weighted by molar-refractivity contribution is 7.89. The SMILES string of the molecule is Cc1ncc(S(=O)(=O)N2CCNCC2C(=O)N(C)C)[nH]1. The molecule has 1 aliphatic heterocycles. The summed E-state index contributed by atoms with van der Waals surface area (Å²) in [5, 5.41) is 3.07. The number of hydrogen-bond donors (Lipinski definition) is 2. The van der Waals surface area contributed by atoms with Crippen LogP contribution in [0.5, 0.6) is 0 Å². The van der Waals surface area contributed by atoms with E-state index in [9.17, 15) is 13.2 Å². The largest absolute Gasteiger partial charge is 0.347 e. The zero-order chi connectivity index (χ0) is 14.9. The Bertz CT molecular complexity index is 595. The summed E-state index contributed by atoms with van der Waals surface area (Å²) in [7, 11) is -0.515. The van der Waals surface area contributed by atoms with Gasteiger partial charge in [-0.25, -0.2) is 13.4 Å². The first-order valence-corrected chi connectivity index (χ1v) is 7.73. The number of aromatic amines is 1. The van der Waals surface area contributed by atoms with E-state index in [-0.39, 0.29) is 17.5 Å². The van der Waals surface area contributed by atoms with Crippen molar-refractivity contribution < 1.29 is 13.2 Å². The third kappa shape index (κ3) is 2.69. The number of imidazole rings is 1. The normalized spacial score (nSPS) is 20.9. The monoisotopic (exact) mass is 301 g/mol. The van der Waals surface area contributed by atoms with Crippen LogP contribution in [0.15, 0.2) is 11.2 Å². The van der Waals surface area contributed by atoms with Gasteiger partial charge in [0.2, 0.25) is 5.91 Å². The summed E-state index contributed by atoms with van der Waals surface area (Å²) in [6.07, 6.45) is 1.28. The predicted octanol–water partition coefficient (Wildman–Crippen LogP) is -1.23. The van der Waals surface area contributed by atoms with E-state index in [1.54, 1.807) is 21.0 Å². The maximum Gasteiger partial charge on any atom is 0.260 e. The fraction of sp³-hybridized carbons (Fsp3) is 0.636. The summed E-state index contributed by atoms with van der Waals surface area (Å²) in [4.78, 5) is 20.2. The van der Waals surface area contributed by atoms with E-state index >= 15 is 0 Å². The summed E-state index contributed by atoms with van der Waals surface area (Å²) in [6.45, 7) is 2.76. The number of H-pyrrole nitrogens is 1. The molecule has 9 heteroatoms. The number of rotatable bonds is 3. The van der Waals surface area contributed by atoms with Crippen LogP contribution in [0.1, 0.15) is 5.82 Å². The number of nitrogens with one attached hydrogen (secondary N) is 2. The number of carbonyl (C=O) groups is 1. The Morgan fingerprint density at radius 1 is 1.50 bits per heavy atom. The summed E-state index contributed by atoms with van der Waals surface area (Å²) in [5.41, 5.74) is 0. The van der Waals surface area contributed by atoms with E-state index in [0.29, 0.717) is 18.9 Å². The van der Waals surface area contributed by atoms with Gasteiger partial charge in [-0.15, -0.1) is 0 Å². The second-order valence-electron chi connectivity index (χ2n) is 4.90. The Hall–Kier alpha value is -1.45. The van der Waals surface area contributed by atoms with Gasteiger partial charge in [-0.2, -0.15) is 4.31 Å². The molecule has 1 aromatic heterocycles. The maximum absolute atomic E-state index is 12.6. The molecule has 8 nitrogen and oxygen atoms in total. The standard InChI is InChI=1S/C11H19N5O3S/c1-8-13-7-10(14-8)20(18,19)16-5-4-12-6-9(16)11(17)15(2)3/h7,9,12H,4-6H2,1-3H3,(H,13,14). The zero-order valence-electron chi connectivity index (χ0n) is 11.8. The van der Waals surface area contributed by atoms with Crippen molar-refractivity contribution in [1.82, 2.24) is 24.5 Å². The van der Waals surface area contributed by atoms with Crippen molar-refractivity contribution >= 4 is 15.9 Å². The molecule has 0 aromatic carbocycles. The van der Waals surface area contributed by atoms with E-state index in [1.165, 1.54) is 15.4 Å². The summed E-state index contributed by atoms with van der Waals surface area (Å²) in [5.74, 6) is 0.284. The Morgan fingerprint density at radius 3 is 2.75 bits per heavy atom. The summed E-state index contributed by atoms with van der Waals surface area (Å²) >= 11 is 0. The molecule has 2 heterocycles. The molecule has 0 bridgehead atoms. The number of piperazine rings is 1. The van der Waals surface area contributed by atoms with E-state index in [1.807, 2.05) is 0 Å². The molecule has 1 atom stereocenters. The predicted molar refractivity (Wildman–Crippen MR) is 72.6 cm³/mol. The minimum Gasteiger partial charge on any atom is -0.347 e. The van der Waals surface area contributed by atoms with Crippen LogP contribution in [-0.2, 0) is 14.8 Å². The third-order valence-corrected chi connectivity index (χ3v) is 5.00. The Balaban J connectivity index is 2.34. The highest BCUT2D eigenvalue weighted by Crippen LogP contribution is 2.18. The molecule has 0 spiro atoms. The van der Waals surface area contributed by atoms with E-state index in [2.05, 4.69) is 15.3 Å². The van der Waals surface area contributed by atoms with Gasteiger partial charge >= 0.3 is 0 Å². The van der Waals surface area contributed by atoms with Crippen molar-refractivity contribution in [2.24, 2.45) is 0 Å². The number of sulfonamides is 1. The number of nitrogens with zero attached hydrogens (tertiary/aromatic N) is 3. The first-order chi connectivity index (χ1) is 9.34. The minimum absolute atomic E-state index is 0.0217. The van der Waals surface area contributed by atoms with Crippen LogP contribution in [0, 0.1) is 6.92 Å². The average Bonchev–Trinajstić information content (AvgIpc) is 2.85. The van der Waals surface area contributed by atoms with Crippen molar-refractivity contribution in [3.8, 4) is 0 Å². The first-order valence-electron chi connectivity index (χ1n) is 6.29. The average molecular weight is 301 g/mol. The van der Waals surface area contributed by atoms with Crippen LogP contribution in [-0.4, -0.2) is 73.3 Å². The Morgan fingerprint density at radius 2 is 2.20 bits per heavy atom. The summed E-state index contributed by atoms with van der Waals surface area (Å²) in [6, 6.07) is -0.729. The molecule has 2 N–H and O–H groups in total. The van der Waals surface area contributed by atoms with Crippen molar-refractivity contribution in [2.45, 2.75) is 18.0 Å². The molecule has 1 fully saturated rings. The lowest BCUT2D eigenvalue weighted by Crippen LogP contribution is -2.59. The smallest absolute Gasteiger partial charge is 0.260 e. The van der Waals surface area contributed by atoms with Gasteiger partial charge in [0, 0.05) is 33.7 Å². The van der Waals surface area contributed by atoms with Gasteiger partial charge in [-0.3, -0.25) is 4.79 Å². The van der Waals surface area contributed by atoms with Gasteiger partial charge < -0.3 is 15.2 Å². The molecule has 1 aliphatic rings. The van der Waals surface area contributed by atoms with E-state index in [0.717, 1.165) is 0 Å². The van der Waals surface area contributed by atoms with Crippen LogP contribution < -0.4 is 5.32 Å². The topological polar surface area (TPSA) is 98.4 Å². The molecule has 20 heavy (non-hydrogen) atoms. The van der Waals surface area contributed by atoms with Gasteiger partial charge in [0.15, 0.2) is 5.03 Å². The molecule has 2 rings (SSSR count). The molecule has 1 saturated heterocycles. The molecule has 1 unspecified atom stereocenters. The lowest BCUT2D eigenvalue weighted by atomic mass is 10.2. The number of likely N-dealkylation sites (N-methyl/N-ethyl adjacent to an activating group) is 1. The van der Waals surface area contributed by atoms with Gasteiger partial charge in [0.25, 0.3) is 10.0 Å². The molecular weight excluding hydrogens is 282 g/mol. The fourth-order valence-electron chi connectivity index (χ4n) is 2.14. The summed E-state index contributed by atoms with van der Waals surface area (Å²) < 4.78 is 26.4. The van der Waals surface area contributed by atoms with E-state index in [4.69, 9.17) is 0 Å². The maximum atomic E-state index is 12.6. The van der Waals surface area contributed by atoms with Gasteiger partial charge in [-0.05, 0) is 6.92 Å². The highest BCUT2D eigenvalue weighted by atomic mass is 32.2. The Labute approximate surface area is 118 Å². The van der Waals surface area contributed by atoms with E-state index < -0.39 is 16.1 Å². The molecule has 0 aliphatic carbocycles. The zero-order valence-corrected chi connectivity index (χ0v) is 12.6. The van der Waals surface area contributed by atoms with Crippen molar-refractivity contribution in [2.75, 3.05) is 33.7 Å². The van der Waals surface area contributed by atoms with Gasteiger partial charge in [0.1, 0.15) is 11.9 Å². The molecular formula is C11H19N5O3S. The van der Waals surface area contributed by atoms with Crippen LogP contribution in [0.3, 0.4) is 0 Å². The second kappa shape index (κ2) is 5.51. The fourth-order valence-corrected chi connectivity index (χ4v) is 3.68. The number of carbonyl (C=O) groups excluding carboxylic acids is 1. The number of aryl methyl sites for hydroxylation is 1. The van der Waals surface area contributed by atoms with Crippen LogP contribution in [0.25, 0.3) is 0 Å². The molecule has 112 valence electrons. The molecule has 0 saturated carbocycles.